The van der Waals surface area contributed by atoms with E-state index in [1.807, 2.05) is 19.6 Å². The standard InChI is InChI=1S/C11H16O4Si/c1-16(2,3)15-11(14,10(12)13)9-7-5-4-6-8-9/h4-8,14H,1-3H3,(H,12,13). The van der Waals surface area contributed by atoms with Gasteiger partial charge < -0.3 is 14.6 Å². The monoisotopic (exact) mass is 240 g/mol. The lowest BCUT2D eigenvalue weighted by molar-refractivity contribution is -0.200. The third-order valence-corrected chi connectivity index (χ3v) is 2.82. The molecule has 1 atom stereocenters. The van der Waals surface area contributed by atoms with Crippen LogP contribution in [0.1, 0.15) is 5.56 Å². The average molecular weight is 240 g/mol. The second-order valence-corrected chi connectivity index (χ2v) is 8.96. The fourth-order valence-corrected chi connectivity index (χ4v) is 2.42. The molecule has 2 N–H and O–H groups in total. The summed E-state index contributed by atoms with van der Waals surface area (Å²) in [5.41, 5.74) is 0.241. The van der Waals surface area contributed by atoms with Crippen molar-refractivity contribution < 1.29 is 19.4 Å². The summed E-state index contributed by atoms with van der Waals surface area (Å²) in [4.78, 5) is 11.1. The number of aliphatic hydroxyl groups is 1. The molecule has 0 radical (unpaired) electrons. The molecule has 0 bridgehead atoms. The van der Waals surface area contributed by atoms with Crippen molar-refractivity contribution in [2.75, 3.05) is 0 Å². The molecule has 0 aromatic heterocycles. The molecule has 0 aliphatic heterocycles. The maximum atomic E-state index is 11.1. The van der Waals surface area contributed by atoms with E-state index in [1.165, 1.54) is 12.1 Å². The van der Waals surface area contributed by atoms with Gasteiger partial charge in [-0.25, -0.2) is 4.79 Å². The van der Waals surface area contributed by atoms with Gasteiger partial charge in [0.25, 0.3) is 5.79 Å². The smallest absolute Gasteiger partial charge is 0.368 e. The number of carbonyl (C=O) groups is 1. The Hall–Kier alpha value is -1.17. The van der Waals surface area contributed by atoms with Gasteiger partial charge in [0.1, 0.15) is 0 Å². The van der Waals surface area contributed by atoms with Gasteiger partial charge in [-0.05, 0) is 19.6 Å². The molecule has 0 heterocycles. The minimum absolute atomic E-state index is 0.241. The van der Waals surface area contributed by atoms with E-state index in [2.05, 4.69) is 0 Å². The summed E-state index contributed by atoms with van der Waals surface area (Å²) in [6.45, 7) is 5.47. The lowest BCUT2D eigenvalue weighted by atomic mass is 10.1. The number of hydrogen-bond donors (Lipinski definition) is 2. The van der Waals surface area contributed by atoms with Crippen molar-refractivity contribution in [3.8, 4) is 0 Å². The van der Waals surface area contributed by atoms with Gasteiger partial charge in [-0.15, -0.1) is 0 Å². The quantitative estimate of drug-likeness (QED) is 0.621. The van der Waals surface area contributed by atoms with Crippen LogP contribution in [0.25, 0.3) is 0 Å². The molecule has 4 nitrogen and oxygen atoms in total. The van der Waals surface area contributed by atoms with Gasteiger partial charge in [0.05, 0.1) is 0 Å². The van der Waals surface area contributed by atoms with E-state index in [0.29, 0.717) is 0 Å². The summed E-state index contributed by atoms with van der Waals surface area (Å²) in [7, 11) is -2.17. The van der Waals surface area contributed by atoms with Crippen molar-refractivity contribution in [3.63, 3.8) is 0 Å². The van der Waals surface area contributed by atoms with E-state index in [0.717, 1.165) is 0 Å². The van der Waals surface area contributed by atoms with Gasteiger partial charge in [0.2, 0.25) is 0 Å². The minimum atomic E-state index is -2.24. The number of carboxylic acids is 1. The van der Waals surface area contributed by atoms with Crippen molar-refractivity contribution in [1.29, 1.82) is 0 Å². The Morgan fingerprint density at radius 2 is 1.75 bits per heavy atom. The summed E-state index contributed by atoms with van der Waals surface area (Å²) in [5.74, 6) is -3.63. The summed E-state index contributed by atoms with van der Waals surface area (Å²) >= 11 is 0. The van der Waals surface area contributed by atoms with Gasteiger partial charge in [0, 0.05) is 5.56 Å². The molecule has 0 aliphatic rings. The van der Waals surface area contributed by atoms with E-state index in [4.69, 9.17) is 9.53 Å². The molecule has 0 amide bonds. The number of aliphatic carboxylic acids is 1. The highest BCUT2D eigenvalue weighted by molar-refractivity contribution is 6.69. The fraction of sp³-hybridized carbons (Fsp3) is 0.364. The van der Waals surface area contributed by atoms with E-state index in [-0.39, 0.29) is 5.56 Å². The number of rotatable bonds is 4. The molecule has 1 unspecified atom stereocenters. The van der Waals surface area contributed by atoms with Crippen LogP contribution >= 0.6 is 0 Å². The summed E-state index contributed by atoms with van der Waals surface area (Å²) < 4.78 is 5.37. The van der Waals surface area contributed by atoms with Crippen molar-refractivity contribution in [2.24, 2.45) is 0 Å². The Morgan fingerprint density at radius 1 is 1.25 bits per heavy atom. The van der Waals surface area contributed by atoms with Gasteiger partial charge in [-0.2, -0.15) is 0 Å². The zero-order valence-corrected chi connectivity index (χ0v) is 10.6. The Labute approximate surface area is 95.6 Å². The van der Waals surface area contributed by atoms with Crippen LogP contribution < -0.4 is 0 Å². The van der Waals surface area contributed by atoms with Crippen molar-refractivity contribution in [2.45, 2.75) is 25.4 Å². The van der Waals surface area contributed by atoms with Crippen LogP contribution in [-0.2, 0) is 15.0 Å². The molecule has 0 spiro atoms. The Kier molecular flexibility index (Phi) is 3.52. The van der Waals surface area contributed by atoms with Crippen molar-refractivity contribution in [3.05, 3.63) is 35.9 Å². The lowest BCUT2D eigenvalue weighted by Crippen LogP contribution is -2.46. The zero-order chi connectivity index (χ0) is 12.4. The molecule has 0 saturated carbocycles. The third kappa shape index (κ3) is 2.91. The third-order valence-electron chi connectivity index (χ3n) is 1.91. The van der Waals surface area contributed by atoms with Crippen LogP contribution in [0.2, 0.25) is 19.6 Å². The molecular weight excluding hydrogens is 224 g/mol. The maximum absolute atomic E-state index is 11.1. The van der Waals surface area contributed by atoms with Crippen LogP contribution in [0.4, 0.5) is 0 Å². The SMILES string of the molecule is C[Si](C)(C)OC(O)(C(=O)O)c1ccccc1. The lowest BCUT2D eigenvalue weighted by Gasteiger charge is -2.31. The van der Waals surface area contributed by atoms with Crippen LogP contribution in [0.5, 0.6) is 0 Å². The first kappa shape index (κ1) is 12.9. The van der Waals surface area contributed by atoms with Gasteiger partial charge in [0.15, 0.2) is 8.32 Å². The molecular formula is C11H16O4Si. The van der Waals surface area contributed by atoms with E-state index in [9.17, 15) is 9.90 Å². The number of hydrogen-bond acceptors (Lipinski definition) is 3. The van der Waals surface area contributed by atoms with Crippen LogP contribution in [-0.4, -0.2) is 24.5 Å². The molecule has 0 fully saturated rings. The molecule has 1 rings (SSSR count). The maximum Gasteiger partial charge on any atom is 0.368 e. The van der Waals surface area contributed by atoms with Gasteiger partial charge >= 0.3 is 5.97 Å². The molecule has 0 saturated heterocycles. The molecule has 1 aromatic carbocycles. The predicted octanol–water partition coefficient (Wildman–Crippen LogP) is 1.77. The van der Waals surface area contributed by atoms with E-state index >= 15 is 0 Å². The largest absolute Gasteiger partial charge is 0.477 e. The van der Waals surface area contributed by atoms with Crippen molar-refractivity contribution >= 4 is 14.3 Å². The summed E-state index contributed by atoms with van der Waals surface area (Å²) in [6.07, 6.45) is 0. The first-order valence-corrected chi connectivity index (χ1v) is 8.38. The summed E-state index contributed by atoms with van der Waals surface area (Å²) in [6, 6.07) is 8.15. The molecule has 88 valence electrons. The van der Waals surface area contributed by atoms with Gasteiger partial charge in [-0.3, -0.25) is 0 Å². The first-order valence-electron chi connectivity index (χ1n) is 4.97. The van der Waals surface area contributed by atoms with Gasteiger partial charge in [-0.1, -0.05) is 30.3 Å². The van der Waals surface area contributed by atoms with E-state index in [1.54, 1.807) is 18.2 Å². The highest BCUT2D eigenvalue weighted by atomic mass is 28.4. The van der Waals surface area contributed by atoms with E-state index < -0.39 is 20.1 Å². The zero-order valence-electron chi connectivity index (χ0n) is 9.60. The van der Waals surface area contributed by atoms with Crippen molar-refractivity contribution in [1.82, 2.24) is 0 Å². The Balaban J connectivity index is 3.13. The first-order chi connectivity index (χ1) is 7.26. The average Bonchev–Trinajstić information content (AvgIpc) is 2.16. The van der Waals surface area contributed by atoms with Crippen LogP contribution in [0.15, 0.2) is 30.3 Å². The molecule has 16 heavy (non-hydrogen) atoms. The Bertz CT molecular complexity index is 371. The molecule has 0 aliphatic carbocycles. The second kappa shape index (κ2) is 4.37. The normalized spacial score (nSPS) is 15.5. The molecule has 1 aromatic rings. The Morgan fingerprint density at radius 3 is 2.12 bits per heavy atom. The highest BCUT2D eigenvalue weighted by Gasteiger charge is 2.43. The molecule has 5 heteroatoms. The van der Waals surface area contributed by atoms with Crippen LogP contribution in [0, 0.1) is 0 Å². The highest BCUT2D eigenvalue weighted by Crippen LogP contribution is 2.27. The topological polar surface area (TPSA) is 66.8 Å². The minimum Gasteiger partial charge on any atom is -0.477 e. The van der Waals surface area contributed by atoms with Crippen LogP contribution in [0.3, 0.4) is 0 Å². The summed E-state index contributed by atoms with van der Waals surface area (Å²) in [5, 5.41) is 19.2. The second-order valence-electron chi connectivity index (χ2n) is 4.53. The predicted molar refractivity (Wildman–Crippen MR) is 62.4 cm³/mol. The fourth-order valence-electron chi connectivity index (χ4n) is 1.33. The number of benzene rings is 1. The number of carboxylic acid groups (broad SMARTS) is 1.